The lowest BCUT2D eigenvalue weighted by Gasteiger charge is -2.31. The summed E-state index contributed by atoms with van der Waals surface area (Å²) in [6.07, 6.45) is 5.48. The van der Waals surface area contributed by atoms with Crippen molar-refractivity contribution in [2.45, 2.75) is 25.3 Å². The van der Waals surface area contributed by atoms with Gasteiger partial charge in [0.2, 0.25) is 0 Å². The third-order valence-corrected chi connectivity index (χ3v) is 2.33. The fourth-order valence-corrected chi connectivity index (χ4v) is 1.53. The monoisotopic (exact) mass is 155 g/mol. The van der Waals surface area contributed by atoms with Crippen molar-refractivity contribution in [2.75, 3.05) is 20.2 Å². The predicted octanol–water partition coefficient (Wildman–Crippen LogP) is 1.63. The second-order valence-electron chi connectivity index (χ2n) is 3.13. The van der Waals surface area contributed by atoms with Crippen molar-refractivity contribution in [1.29, 1.82) is 0 Å². The summed E-state index contributed by atoms with van der Waals surface area (Å²) in [5.74, 6) is 0. The van der Waals surface area contributed by atoms with Gasteiger partial charge in [0.1, 0.15) is 6.61 Å². The number of likely N-dealkylation sites (N-methyl/N-ethyl adjacent to an activating group) is 1. The molecule has 0 spiro atoms. The van der Waals surface area contributed by atoms with Gasteiger partial charge in [0.05, 0.1) is 6.26 Å². The first kappa shape index (κ1) is 8.60. The normalized spacial score (nSPS) is 26.5. The zero-order valence-corrected chi connectivity index (χ0v) is 7.25. The van der Waals surface area contributed by atoms with Crippen LogP contribution < -0.4 is 0 Å². The molecule has 0 radical (unpaired) electrons. The van der Waals surface area contributed by atoms with Crippen molar-refractivity contribution in [3.63, 3.8) is 0 Å². The first-order valence-corrected chi connectivity index (χ1v) is 4.27. The molecule has 1 rings (SSSR count). The summed E-state index contributed by atoms with van der Waals surface area (Å²) in [6, 6.07) is 0.613. The molecule has 2 heteroatoms. The molecule has 0 aromatic heterocycles. The smallest absolute Gasteiger partial charge is 0.103 e. The summed E-state index contributed by atoms with van der Waals surface area (Å²) < 4.78 is 5.17. The first-order chi connectivity index (χ1) is 5.34. The van der Waals surface area contributed by atoms with Crippen molar-refractivity contribution < 1.29 is 4.74 Å². The first-order valence-electron chi connectivity index (χ1n) is 4.27. The van der Waals surface area contributed by atoms with Crippen molar-refractivity contribution >= 4 is 0 Å². The Labute approximate surface area is 68.8 Å². The van der Waals surface area contributed by atoms with E-state index in [9.17, 15) is 0 Å². The molecule has 0 amide bonds. The topological polar surface area (TPSA) is 12.5 Å². The van der Waals surface area contributed by atoms with Gasteiger partial charge in [0, 0.05) is 6.04 Å². The van der Waals surface area contributed by atoms with Crippen molar-refractivity contribution in [1.82, 2.24) is 4.90 Å². The van der Waals surface area contributed by atoms with Crippen LogP contribution in [-0.4, -0.2) is 31.1 Å². The fourth-order valence-electron chi connectivity index (χ4n) is 1.53. The summed E-state index contributed by atoms with van der Waals surface area (Å²) in [5, 5.41) is 0. The van der Waals surface area contributed by atoms with E-state index in [4.69, 9.17) is 4.74 Å². The maximum absolute atomic E-state index is 5.17. The number of piperidine rings is 1. The summed E-state index contributed by atoms with van der Waals surface area (Å²) in [4.78, 5) is 2.37. The summed E-state index contributed by atoms with van der Waals surface area (Å²) >= 11 is 0. The van der Waals surface area contributed by atoms with Gasteiger partial charge < -0.3 is 9.64 Å². The number of likely N-dealkylation sites (tertiary alicyclic amines) is 1. The van der Waals surface area contributed by atoms with E-state index in [1.165, 1.54) is 32.1 Å². The molecule has 0 aromatic rings. The minimum absolute atomic E-state index is 0.613. The van der Waals surface area contributed by atoms with E-state index in [1.807, 2.05) is 0 Å². The Bertz CT molecular complexity index is 125. The highest BCUT2D eigenvalue weighted by atomic mass is 16.5. The number of nitrogens with zero attached hydrogens (tertiary/aromatic N) is 1. The molecule has 1 unspecified atom stereocenters. The third kappa shape index (κ3) is 2.54. The zero-order chi connectivity index (χ0) is 8.10. The van der Waals surface area contributed by atoms with Crippen LogP contribution in [0.15, 0.2) is 12.8 Å². The van der Waals surface area contributed by atoms with E-state index < -0.39 is 0 Å². The molecule has 11 heavy (non-hydrogen) atoms. The average molecular weight is 155 g/mol. The molecular weight excluding hydrogens is 138 g/mol. The average Bonchev–Trinajstić information content (AvgIpc) is 2.03. The Balaban J connectivity index is 2.23. The van der Waals surface area contributed by atoms with E-state index >= 15 is 0 Å². The minimum atomic E-state index is 0.613. The molecule has 0 saturated carbocycles. The van der Waals surface area contributed by atoms with Crippen LogP contribution in [0.2, 0.25) is 0 Å². The lowest BCUT2D eigenvalue weighted by molar-refractivity contribution is 0.103. The van der Waals surface area contributed by atoms with Crippen LogP contribution in [0.25, 0.3) is 0 Å². The van der Waals surface area contributed by atoms with E-state index in [0.717, 1.165) is 6.61 Å². The maximum Gasteiger partial charge on any atom is 0.103 e. The van der Waals surface area contributed by atoms with Gasteiger partial charge in [-0.15, -0.1) is 0 Å². The van der Waals surface area contributed by atoms with Gasteiger partial charge in [-0.1, -0.05) is 13.0 Å². The molecule has 64 valence electrons. The standard InChI is InChI=1S/C9H17NO/c1-3-11-8-9-6-4-5-7-10(9)2/h3,9H,1,4-8H2,2H3. The quantitative estimate of drug-likeness (QED) is 0.574. The molecule has 1 heterocycles. The van der Waals surface area contributed by atoms with Crippen molar-refractivity contribution in [2.24, 2.45) is 0 Å². The Morgan fingerprint density at radius 3 is 3.09 bits per heavy atom. The lowest BCUT2D eigenvalue weighted by Crippen LogP contribution is -2.38. The van der Waals surface area contributed by atoms with E-state index in [0.29, 0.717) is 6.04 Å². The molecular formula is C9H17NO. The molecule has 0 aromatic carbocycles. The number of hydrogen-bond donors (Lipinski definition) is 0. The number of rotatable bonds is 3. The van der Waals surface area contributed by atoms with Gasteiger partial charge in [-0.05, 0) is 26.4 Å². The van der Waals surface area contributed by atoms with Gasteiger partial charge in [-0.3, -0.25) is 0 Å². The highest BCUT2D eigenvalue weighted by Gasteiger charge is 2.18. The summed E-state index contributed by atoms with van der Waals surface area (Å²) in [7, 11) is 2.16. The van der Waals surface area contributed by atoms with Crippen LogP contribution in [0, 0.1) is 0 Å². The minimum Gasteiger partial charge on any atom is -0.500 e. The van der Waals surface area contributed by atoms with Gasteiger partial charge in [0.25, 0.3) is 0 Å². The SMILES string of the molecule is C=COCC1CCCCN1C. The summed E-state index contributed by atoms with van der Waals surface area (Å²) in [6.45, 7) is 5.55. The van der Waals surface area contributed by atoms with Gasteiger partial charge in [-0.25, -0.2) is 0 Å². The largest absolute Gasteiger partial charge is 0.500 e. The number of hydrogen-bond acceptors (Lipinski definition) is 2. The van der Waals surface area contributed by atoms with Gasteiger partial charge in [-0.2, -0.15) is 0 Å². The molecule has 0 bridgehead atoms. The molecule has 1 atom stereocenters. The van der Waals surface area contributed by atoms with Crippen molar-refractivity contribution in [3.05, 3.63) is 12.8 Å². The predicted molar refractivity (Wildman–Crippen MR) is 46.4 cm³/mol. The Morgan fingerprint density at radius 1 is 1.64 bits per heavy atom. The van der Waals surface area contributed by atoms with Crippen LogP contribution >= 0.6 is 0 Å². The van der Waals surface area contributed by atoms with Gasteiger partial charge >= 0.3 is 0 Å². The van der Waals surface area contributed by atoms with E-state index in [2.05, 4.69) is 18.5 Å². The second-order valence-corrected chi connectivity index (χ2v) is 3.13. The third-order valence-electron chi connectivity index (χ3n) is 2.33. The molecule has 1 fully saturated rings. The molecule has 0 N–H and O–H groups in total. The van der Waals surface area contributed by atoms with E-state index in [1.54, 1.807) is 0 Å². The van der Waals surface area contributed by atoms with E-state index in [-0.39, 0.29) is 0 Å². The highest BCUT2D eigenvalue weighted by molar-refractivity contribution is 4.74. The Hall–Kier alpha value is -0.500. The summed E-state index contributed by atoms with van der Waals surface area (Å²) in [5.41, 5.74) is 0. The molecule has 0 aliphatic carbocycles. The van der Waals surface area contributed by atoms with Crippen LogP contribution in [0.1, 0.15) is 19.3 Å². The van der Waals surface area contributed by atoms with Gasteiger partial charge in [0.15, 0.2) is 0 Å². The lowest BCUT2D eigenvalue weighted by atomic mass is 10.0. The van der Waals surface area contributed by atoms with Crippen LogP contribution in [0.4, 0.5) is 0 Å². The second kappa shape index (κ2) is 4.39. The molecule has 1 aliphatic heterocycles. The highest BCUT2D eigenvalue weighted by Crippen LogP contribution is 2.14. The van der Waals surface area contributed by atoms with Crippen LogP contribution in [0.5, 0.6) is 0 Å². The zero-order valence-electron chi connectivity index (χ0n) is 7.25. The fraction of sp³-hybridized carbons (Fsp3) is 0.778. The molecule has 1 saturated heterocycles. The Kier molecular flexibility index (Phi) is 3.43. The Morgan fingerprint density at radius 2 is 2.45 bits per heavy atom. The van der Waals surface area contributed by atoms with Crippen LogP contribution in [-0.2, 0) is 4.74 Å². The number of ether oxygens (including phenoxy) is 1. The van der Waals surface area contributed by atoms with Crippen LogP contribution in [0.3, 0.4) is 0 Å². The maximum atomic E-state index is 5.17. The van der Waals surface area contributed by atoms with Crippen molar-refractivity contribution in [3.8, 4) is 0 Å². The molecule has 2 nitrogen and oxygen atoms in total. The molecule has 1 aliphatic rings.